The summed E-state index contributed by atoms with van der Waals surface area (Å²) in [5.74, 6) is -2.27. The van der Waals surface area contributed by atoms with Gasteiger partial charge in [0.2, 0.25) is 11.9 Å². The molecule has 0 spiro atoms. The number of aromatic nitrogens is 1. The molecule has 0 unspecified atom stereocenters. The predicted octanol–water partition coefficient (Wildman–Crippen LogP) is -0.633. The van der Waals surface area contributed by atoms with Crippen molar-refractivity contribution >= 4 is 11.8 Å². The summed E-state index contributed by atoms with van der Waals surface area (Å²) in [6.45, 7) is -0.457. The number of nitrogens with zero attached hydrogens (tertiary/aromatic N) is 1. The molecule has 3 N–H and O–H groups in total. The fraction of sp³-hybridized carbons (Fsp3) is 0.125. The molecule has 0 aliphatic heterocycles. The van der Waals surface area contributed by atoms with Crippen LogP contribution in [0.2, 0.25) is 0 Å². The molecule has 80 valence electrons. The summed E-state index contributed by atoms with van der Waals surface area (Å²) in [5.41, 5.74) is 6.49. The van der Waals surface area contributed by atoms with E-state index in [4.69, 9.17) is 5.73 Å². The van der Waals surface area contributed by atoms with Crippen molar-refractivity contribution in [3.63, 3.8) is 0 Å². The first kappa shape index (κ1) is 11.1. The van der Waals surface area contributed by atoms with E-state index in [1.165, 1.54) is 12.1 Å². The van der Waals surface area contributed by atoms with Crippen molar-refractivity contribution in [1.82, 2.24) is 10.5 Å². The molecule has 7 heteroatoms. The summed E-state index contributed by atoms with van der Waals surface area (Å²) in [6, 6.07) is 3.72. The van der Waals surface area contributed by atoms with Crippen LogP contribution in [-0.2, 0) is 9.63 Å². The highest BCUT2D eigenvalue weighted by Gasteiger charge is 2.08. The lowest BCUT2D eigenvalue weighted by molar-refractivity contribution is -0.124. The van der Waals surface area contributed by atoms with E-state index < -0.39 is 24.4 Å². The van der Waals surface area contributed by atoms with Gasteiger partial charge in [-0.3, -0.25) is 14.4 Å². The lowest BCUT2D eigenvalue weighted by Gasteiger charge is -2.02. The third kappa shape index (κ3) is 3.69. The molecule has 0 aliphatic carbocycles. The van der Waals surface area contributed by atoms with Gasteiger partial charge in [-0.2, -0.15) is 4.39 Å². The predicted molar refractivity (Wildman–Crippen MR) is 46.8 cm³/mol. The molecule has 0 saturated heterocycles. The SMILES string of the molecule is NC(=O)CONC(=O)c1cccc(F)n1. The fourth-order valence-corrected chi connectivity index (χ4v) is 0.760. The molecule has 6 nitrogen and oxygen atoms in total. The number of amides is 2. The third-order valence-electron chi connectivity index (χ3n) is 1.33. The number of halogens is 1. The summed E-state index contributed by atoms with van der Waals surface area (Å²) < 4.78 is 12.6. The van der Waals surface area contributed by atoms with Gasteiger partial charge in [-0.05, 0) is 12.1 Å². The number of carbonyl (C=O) groups is 2. The normalized spacial score (nSPS) is 9.67. The van der Waals surface area contributed by atoms with E-state index in [0.717, 1.165) is 6.07 Å². The van der Waals surface area contributed by atoms with Gasteiger partial charge in [0.05, 0.1) is 0 Å². The average molecular weight is 213 g/mol. The van der Waals surface area contributed by atoms with Gasteiger partial charge < -0.3 is 5.73 Å². The second kappa shape index (κ2) is 5.01. The largest absolute Gasteiger partial charge is 0.368 e. The Kier molecular flexibility index (Phi) is 3.69. The Morgan fingerprint density at radius 2 is 2.27 bits per heavy atom. The van der Waals surface area contributed by atoms with E-state index in [2.05, 4.69) is 9.82 Å². The van der Waals surface area contributed by atoms with Gasteiger partial charge >= 0.3 is 0 Å². The van der Waals surface area contributed by atoms with E-state index in [9.17, 15) is 14.0 Å². The molecule has 0 fully saturated rings. The first-order valence-corrected chi connectivity index (χ1v) is 3.92. The molecule has 1 aromatic heterocycles. The molecule has 0 atom stereocenters. The highest BCUT2D eigenvalue weighted by Crippen LogP contribution is 1.97. The summed E-state index contributed by atoms with van der Waals surface area (Å²) >= 11 is 0. The van der Waals surface area contributed by atoms with Crippen LogP contribution in [0, 0.1) is 5.95 Å². The van der Waals surface area contributed by atoms with Crippen LogP contribution in [0.4, 0.5) is 4.39 Å². The number of hydroxylamine groups is 1. The van der Waals surface area contributed by atoms with Crippen molar-refractivity contribution in [2.24, 2.45) is 5.73 Å². The maximum absolute atomic E-state index is 12.6. The monoisotopic (exact) mass is 213 g/mol. The van der Waals surface area contributed by atoms with Crippen LogP contribution < -0.4 is 11.2 Å². The Morgan fingerprint density at radius 1 is 1.53 bits per heavy atom. The zero-order valence-corrected chi connectivity index (χ0v) is 7.57. The zero-order chi connectivity index (χ0) is 11.3. The molecular formula is C8H8FN3O3. The van der Waals surface area contributed by atoms with Crippen LogP contribution in [0.3, 0.4) is 0 Å². The van der Waals surface area contributed by atoms with Crippen molar-refractivity contribution in [3.05, 3.63) is 29.8 Å². The smallest absolute Gasteiger partial charge is 0.293 e. The summed E-state index contributed by atoms with van der Waals surface area (Å²) in [4.78, 5) is 29.1. The quantitative estimate of drug-likeness (QED) is 0.514. The molecule has 1 heterocycles. The maximum Gasteiger partial charge on any atom is 0.293 e. The molecule has 1 aromatic rings. The minimum atomic E-state index is -0.780. The third-order valence-corrected chi connectivity index (χ3v) is 1.33. The van der Waals surface area contributed by atoms with Crippen LogP contribution >= 0.6 is 0 Å². The van der Waals surface area contributed by atoms with Gasteiger partial charge in [0.15, 0.2) is 6.61 Å². The molecule has 0 saturated carbocycles. The number of nitrogens with two attached hydrogens (primary N) is 1. The van der Waals surface area contributed by atoms with Crippen LogP contribution in [0.15, 0.2) is 18.2 Å². The Balaban J connectivity index is 2.50. The van der Waals surface area contributed by atoms with Gasteiger partial charge in [0, 0.05) is 0 Å². The Hall–Kier alpha value is -2.02. The minimum Gasteiger partial charge on any atom is -0.368 e. The van der Waals surface area contributed by atoms with Crippen molar-refractivity contribution in [2.45, 2.75) is 0 Å². The van der Waals surface area contributed by atoms with Crippen molar-refractivity contribution in [1.29, 1.82) is 0 Å². The summed E-state index contributed by atoms with van der Waals surface area (Å²) in [6.07, 6.45) is 0. The van der Waals surface area contributed by atoms with E-state index >= 15 is 0 Å². The fourth-order valence-electron chi connectivity index (χ4n) is 0.760. The number of pyridine rings is 1. The molecule has 0 aliphatic rings. The summed E-state index contributed by atoms with van der Waals surface area (Å²) in [5, 5.41) is 0. The van der Waals surface area contributed by atoms with Gasteiger partial charge in [-0.25, -0.2) is 10.5 Å². The van der Waals surface area contributed by atoms with Crippen molar-refractivity contribution in [2.75, 3.05) is 6.61 Å². The Labute approximate surface area is 84.2 Å². The van der Waals surface area contributed by atoms with Crippen molar-refractivity contribution in [3.8, 4) is 0 Å². The first-order chi connectivity index (χ1) is 7.09. The van der Waals surface area contributed by atoms with Crippen LogP contribution in [0.25, 0.3) is 0 Å². The Bertz CT molecular complexity index is 383. The zero-order valence-electron chi connectivity index (χ0n) is 7.57. The number of primary amides is 1. The topological polar surface area (TPSA) is 94.3 Å². The molecule has 15 heavy (non-hydrogen) atoms. The molecule has 0 bridgehead atoms. The number of nitrogens with one attached hydrogen (secondary N) is 1. The van der Waals surface area contributed by atoms with E-state index in [1.54, 1.807) is 0 Å². The van der Waals surface area contributed by atoms with Crippen LogP contribution in [0.1, 0.15) is 10.5 Å². The highest BCUT2D eigenvalue weighted by atomic mass is 19.1. The average Bonchev–Trinajstić information content (AvgIpc) is 2.17. The lowest BCUT2D eigenvalue weighted by Crippen LogP contribution is -2.29. The minimum absolute atomic E-state index is 0.153. The molecular weight excluding hydrogens is 205 g/mol. The number of hydrogen-bond donors (Lipinski definition) is 2. The Morgan fingerprint density at radius 3 is 2.87 bits per heavy atom. The maximum atomic E-state index is 12.6. The second-order valence-electron chi connectivity index (χ2n) is 2.53. The highest BCUT2D eigenvalue weighted by molar-refractivity contribution is 5.91. The second-order valence-corrected chi connectivity index (χ2v) is 2.53. The van der Waals surface area contributed by atoms with Crippen molar-refractivity contribution < 1.29 is 18.8 Å². The molecule has 1 rings (SSSR count). The van der Waals surface area contributed by atoms with E-state index in [1.807, 2.05) is 5.48 Å². The number of hydrogen-bond acceptors (Lipinski definition) is 4. The first-order valence-electron chi connectivity index (χ1n) is 3.92. The number of carbonyl (C=O) groups excluding carboxylic acids is 2. The molecule has 0 radical (unpaired) electrons. The van der Waals surface area contributed by atoms with Crippen LogP contribution in [-0.4, -0.2) is 23.4 Å². The lowest BCUT2D eigenvalue weighted by atomic mass is 10.3. The number of rotatable bonds is 4. The van der Waals surface area contributed by atoms with E-state index in [0.29, 0.717) is 0 Å². The van der Waals surface area contributed by atoms with Gasteiger partial charge in [0.25, 0.3) is 5.91 Å². The van der Waals surface area contributed by atoms with E-state index in [-0.39, 0.29) is 5.69 Å². The summed E-state index contributed by atoms with van der Waals surface area (Å²) in [7, 11) is 0. The van der Waals surface area contributed by atoms with Gasteiger partial charge in [0.1, 0.15) is 5.69 Å². The van der Waals surface area contributed by atoms with Gasteiger partial charge in [-0.15, -0.1) is 0 Å². The van der Waals surface area contributed by atoms with Gasteiger partial charge in [-0.1, -0.05) is 6.07 Å². The standard InChI is InChI=1S/C8H8FN3O3/c9-6-3-1-2-5(11-6)8(14)12-15-4-7(10)13/h1-3H,4H2,(H2,10,13)(H,12,14). The molecule has 2 amide bonds. The van der Waals surface area contributed by atoms with Crippen LogP contribution in [0.5, 0.6) is 0 Å². The molecule has 0 aromatic carbocycles.